The summed E-state index contributed by atoms with van der Waals surface area (Å²) in [5.74, 6) is -0.534. The number of amides is 2. The molecular formula is C29H30N4O4. The Hall–Kier alpha value is -4.17. The van der Waals surface area contributed by atoms with Crippen LogP contribution in [0.1, 0.15) is 18.9 Å². The number of ether oxygens (including phenoxy) is 1. The molecule has 1 aliphatic heterocycles. The summed E-state index contributed by atoms with van der Waals surface area (Å²) in [6.45, 7) is 3.40. The van der Waals surface area contributed by atoms with Crippen molar-refractivity contribution in [3.8, 4) is 0 Å². The van der Waals surface area contributed by atoms with E-state index >= 15 is 0 Å². The van der Waals surface area contributed by atoms with Crippen LogP contribution in [0.5, 0.6) is 0 Å². The van der Waals surface area contributed by atoms with Gasteiger partial charge < -0.3 is 24.4 Å². The third-order valence-corrected chi connectivity index (χ3v) is 6.67. The van der Waals surface area contributed by atoms with Crippen molar-refractivity contribution in [1.82, 2.24) is 9.47 Å². The van der Waals surface area contributed by atoms with Crippen molar-refractivity contribution >= 4 is 45.0 Å². The summed E-state index contributed by atoms with van der Waals surface area (Å²) in [6, 6.07) is 23.2. The van der Waals surface area contributed by atoms with Crippen LogP contribution in [-0.2, 0) is 32.3 Å². The van der Waals surface area contributed by atoms with Crippen LogP contribution in [0, 0.1) is 0 Å². The van der Waals surface area contributed by atoms with Gasteiger partial charge in [0.2, 0.25) is 11.8 Å². The first kappa shape index (κ1) is 24.5. The van der Waals surface area contributed by atoms with Crippen LogP contribution in [0.2, 0.25) is 0 Å². The molecule has 37 heavy (non-hydrogen) atoms. The number of hydrogen-bond donors (Lipinski definition) is 1. The highest BCUT2D eigenvalue weighted by molar-refractivity contribution is 6.11. The van der Waals surface area contributed by atoms with Crippen LogP contribution in [0.3, 0.4) is 0 Å². The molecule has 4 aromatic rings. The molecule has 1 aromatic heterocycles. The van der Waals surface area contributed by atoms with Crippen molar-refractivity contribution < 1.29 is 19.2 Å². The Morgan fingerprint density at radius 2 is 1.76 bits per heavy atom. The number of nitrogens with zero attached hydrogens (tertiary/aromatic N) is 3. The molecule has 8 heteroatoms. The lowest BCUT2D eigenvalue weighted by molar-refractivity contribution is -0.139. The number of benzene rings is 3. The van der Waals surface area contributed by atoms with Gasteiger partial charge >= 0.3 is 0 Å². The van der Waals surface area contributed by atoms with E-state index in [9.17, 15) is 9.59 Å². The molecule has 190 valence electrons. The first-order valence-electron chi connectivity index (χ1n) is 12.4. The van der Waals surface area contributed by atoms with E-state index in [4.69, 9.17) is 9.57 Å². The zero-order valence-electron chi connectivity index (χ0n) is 21.0. The van der Waals surface area contributed by atoms with Gasteiger partial charge in [0, 0.05) is 47.6 Å². The first-order valence-corrected chi connectivity index (χ1v) is 12.4. The lowest BCUT2D eigenvalue weighted by atomic mass is 10.1. The molecule has 5 rings (SSSR count). The number of aromatic nitrogens is 1. The summed E-state index contributed by atoms with van der Waals surface area (Å²) in [5.41, 5.74) is 4.59. The van der Waals surface area contributed by atoms with Crippen molar-refractivity contribution in [2.75, 3.05) is 25.6 Å². The Balaban J connectivity index is 1.35. The van der Waals surface area contributed by atoms with Crippen LogP contribution in [0.4, 0.5) is 5.69 Å². The Labute approximate surface area is 215 Å². The summed E-state index contributed by atoms with van der Waals surface area (Å²) in [6.07, 6.45) is 0.299. The number of rotatable bonds is 8. The topological polar surface area (TPSA) is 85.2 Å². The van der Waals surface area contributed by atoms with Gasteiger partial charge in [-0.1, -0.05) is 53.7 Å². The van der Waals surface area contributed by atoms with Gasteiger partial charge in [0.15, 0.2) is 0 Å². The minimum absolute atomic E-state index is 0.107. The Bertz CT molecular complexity index is 1460. The maximum atomic E-state index is 13.4. The van der Waals surface area contributed by atoms with E-state index in [1.807, 2.05) is 60.7 Å². The van der Waals surface area contributed by atoms with Gasteiger partial charge in [0.1, 0.15) is 19.3 Å². The summed E-state index contributed by atoms with van der Waals surface area (Å²) in [7, 11) is 1.46. The van der Waals surface area contributed by atoms with Crippen molar-refractivity contribution in [3.05, 3.63) is 78.4 Å². The molecule has 1 fully saturated rings. The summed E-state index contributed by atoms with van der Waals surface area (Å²) >= 11 is 0. The van der Waals surface area contributed by atoms with Gasteiger partial charge in [0.05, 0.1) is 12.3 Å². The SMILES string of the molecule is CCn1c2ccccc2c2cc(NC(=O)[C@@H]3CC(=NOCc4ccccc4)CN3C(=O)COC)ccc21. The third-order valence-electron chi connectivity index (χ3n) is 6.67. The Morgan fingerprint density at radius 1 is 1.00 bits per heavy atom. The maximum Gasteiger partial charge on any atom is 0.249 e. The fourth-order valence-electron chi connectivity index (χ4n) is 4.94. The number of aryl methyl sites for hydroxylation is 1. The van der Waals surface area contributed by atoms with E-state index in [-0.39, 0.29) is 25.0 Å². The zero-order chi connectivity index (χ0) is 25.8. The standard InChI is InChI=1S/C29H30N4O4/c1-3-32-25-12-8-7-11-23(25)24-15-21(13-14-26(24)32)30-29(35)27-16-22(17-33(27)28(34)19-36-2)31-37-18-20-9-5-4-6-10-20/h4-15,27H,3,16-19H2,1-2H3,(H,30,35)/t27-/m0/s1. The summed E-state index contributed by atoms with van der Waals surface area (Å²) in [4.78, 5) is 33.2. The maximum absolute atomic E-state index is 13.4. The summed E-state index contributed by atoms with van der Waals surface area (Å²) in [5, 5.41) is 9.47. The number of para-hydroxylation sites is 1. The molecule has 0 bridgehead atoms. The van der Waals surface area contributed by atoms with E-state index in [0.29, 0.717) is 24.4 Å². The van der Waals surface area contributed by atoms with Crippen LogP contribution < -0.4 is 5.32 Å². The van der Waals surface area contributed by atoms with Gasteiger partial charge in [-0.15, -0.1) is 0 Å². The van der Waals surface area contributed by atoms with Gasteiger partial charge in [-0.2, -0.15) is 0 Å². The lowest BCUT2D eigenvalue weighted by Gasteiger charge is -2.23. The number of carbonyl (C=O) groups excluding carboxylic acids is 2. The molecule has 0 aliphatic carbocycles. The number of carbonyl (C=O) groups is 2. The first-order chi connectivity index (χ1) is 18.1. The van der Waals surface area contributed by atoms with Crippen molar-refractivity contribution in [3.63, 3.8) is 0 Å². The number of oxime groups is 1. The molecular weight excluding hydrogens is 468 g/mol. The number of hydrogen-bond acceptors (Lipinski definition) is 5. The molecule has 0 unspecified atom stereocenters. The second-order valence-electron chi connectivity index (χ2n) is 9.07. The minimum Gasteiger partial charge on any atom is -0.391 e. The molecule has 0 radical (unpaired) electrons. The summed E-state index contributed by atoms with van der Waals surface area (Å²) < 4.78 is 7.30. The lowest BCUT2D eigenvalue weighted by Crippen LogP contribution is -2.44. The van der Waals surface area contributed by atoms with E-state index in [0.717, 1.165) is 33.9 Å². The van der Waals surface area contributed by atoms with Gasteiger partial charge in [-0.3, -0.25) is 9.59 Å². The van der Waals surface area contributed by atoms with E-state index in [1.54, 1.807) is 0 Å². The molecule has 3 aromatic carbocycles. The fourth-order valence-corrected chi connectivity index (χ4v) is 4.94. The second kappa shape index (κ2) is 10.8. The average molecular weight is 499 g/mol. The van der Waals surface area contributed by atoms with Crippen molar-refractivity contribution in [2.45, 2.75) is 32.5 Å². The molecule has 1 N–H and O–H groups in total. The van der Waals surface area contributed by atoms with E-state index in [1.165, 1.54) is 12.0 Å². The Morgan fingerprint density at radius 3 is 2.54 bits per heavy atom. The number of anilines is 1. The molecule has 8 nitrogen and oxygen atoms in total. The van der Waals surface area contributed by atoms with Gasteiger partial charge in [0.25, 0.3) is 0 Å². The monoisotopic (exact) mass is 498 g/mol. The van der Waals surface area contributed by atoms with Crippen LogP contribution in [0.15, 0.2) is 78.0 Å². The number of methoxy groups -OCH3 is 1. The molecule has 1 aliphatic rings. The molecule has 2 heterocycles. The Kier molecular flexibility index (Phi) is 7.18. The molecule has 0 saturated carbocycles. The minimum atomic E-state index is -0.700. The number of fused-ring (bicyclic) bond motifs is 3. The van der Waals surface area contributed by atoms with Gasteiger partial charge in [-0.05, 0) is 36.8 Å². The van der Waals surface area contributed by atoms with E-state index in [2.05, 4.69) is 34.1 Å². The van der Waals surface area contributed by atoms with Crippen molar-refractivity contribution in [1.29, 1.82) is 0 Å². The quantitative estimate of drug-likeness (QED) is 0.361. The van der Waals surface area contributed by atoms with Crippen molar-refractivity contribution in [2.24, 2.45) is 5.16 Å². The number of nitrogens with one attached hydrogen (secondary N) is 1. The van der Waals surface area contributed by atoms with E-state index < -0.39 is 6.04 Å². The van der Waals surface area contributed by atoms with Crippen LogP contribution in [0.25, 0.3) is 21.8 Å². The highest BCUT2D eigenvalue weighted by atomic mass is 16.6. The molecule has 1 saturated heterocycles. The third kappa shape index (κ3) is 5.06. The van der Waals surface area contributed by atoms with Gasteiger partial charge in [-0.25, -0.2) is 0 Å². The molecule has 1 atom stereocenters. The highest BCUT2D eigenvalue weighted by Gasteiger charge is 2.38. The largest absolute Gasteiger partial charge is 0.391 e. The average Bonchev–Trinajstić information content (AvgIpc) is 3.49. The predicted molar refractivity (Wildman–Crippen MR) is 144 cm³/mol. The second-order valence-corrected chi connectivity index (χ2v) is 9.07. The highest BCUT2D eigenvalue weighted by Crippen LogP contribution is 2.31. The smallest absolute Gasteiger partial charge is 0.249 e. The van der Waals surface area contributed by atoms with Crippen LogP contribution in [-0.4, -0.2) is 53.3 Å². The van der Waals surface area contributed by atoms with Crippen LogP contribution >= 0.6 is 0 Å². The predicted octanol–water partition coefficient (Wildman–Crippen LogP) is 4.57. The normalized spacial score (nSPS) is 16.5. The fraction of sp³-hybridized carbons (Fsp3) is 0.276. The number of likely N-dealkylation sites (tertiary alicyclic amines) is 1. The molecule has 0 spiro atoms. The molecule has 2 amide bonds. The zero-order valence-corrected chi connectivity index (χ0v) is 21.0.